The monoisotopic (exact) mass is 247 g/mol. The molecule has 0 aliphatic heterocycles. The molecule has 0 amide bonds. The summed E-state index contributed by atoms with van der Waals surface area (Å²) in [6, 6.07) is 6.01. The van der Waals surface area contributed by atoms with Crippen LogP contribution in [-0.2, 0) is 6.54 Å². The largest absolute Gasteiger partial charge is 0.396 e. The third kappa shape index (κ3) is 2.77. The molecule has 0 saturated carbocycles. The average molecular weight is 247 g/mol. The first-order valence-corrected chi connectivity index (χ1v) is 6.41. The van der Waals surface area contributed by atoms with Crippen LogP contribution in [0.5, 0.6) is 0 Å². The van der Waals surface area contributed by atoms with E-state index >= 15 is 0 Å². The molecular formula is C13H17N3S. The van der Waals surface area contributed by atoms with Gasteiger partial charge in [-0.3, -0.25) is 0 Å². The minimum absolute atomic E-state index is 0.695. The molecule has 0 bridgehead atoms. The second-order valence-corrected chi connectivity index (χ2v) is 5.54. The van der Waals surface area contributed by atoms with Crippen molar-refractivity contribution >= 4 is 22.8 Å². The molecule has 3 N–H and O–H groups in total. The van der Waals surface area contributed by atoms with Crippen molar-refractivity contribution in [2.75, 3.05) is 11.1 Å². The standard InChI is InChI=1S/C13H17N3S/c1-8-6-11(17-10(8)3)7-15-13-12(14)5-4-9(2)16-13/h4-6H,7,14H2,1-3H3,(H,15,16). The van der Waals surface area contributed by atoms with E-state index in [1.807, 2.05) is 30.4 Å². The lowest BCUT2D eigenvalue weighted by atomic mass is 10.3. The first-order valence-electron chi connectivity index (χ1n) is 5.59. The van der Waals surface area contributed by atoms with Crippen molar-refractivity contribution in [2.24, 2.45) is 0 Å². The lowest BCUT2D eigenvalue weighted by Crippen LogP contribution is -2.04. The van der Waals surface area contributed by atoms with E-state index in [9.17, 15) is 0 Å². The Morgan fingerprint density at radius 1 is 1.29 bits per heavy atom. The van der Waals surface area contributed by atoms with E-state index in [0.717, 1.165) is 18.1 Å². The van der Waals surface area contributed by atoms with Gasteiger partial charge in [-0.1, -0.05) is 0 Å². The Hall–Kier alpha value is -1.55. The van der Waals surface area contributed by atoms with Gasteiger partial charge in [-0.25, -0.2) is 4.98 Å². The van der Waals surface area contributed by atoms with Crippen molar-refractivity contribution < 1.29 is 0 Å². The predicted molar refractivity (Wildman–Crippen MR) is 74.5 cm³/mol. The first-order chi connectivity index (χ1) is 8.06. The van der Waals surface area contributed by atoms with Gasteiger partial charge in [0.25, 0.3) is 0 Å². The van der Waals surface area contributed by atoms with Crippen LogP contribution in [0, 0.1) is 20.8 Å². The van der Waals surface area contributed by atoms with Gasteiger partial charge in [-0.2, -0.15) is 0 Å². The van der Waals surface area contributed by atoms with Crippen LogP contribution in [0.1, 0.15) is 21.0 Å². The number of nitrogens with two attached hydrogens (primary N) is 1. The molecule has 0 spiro atoms. The van der Waals surface area contributed by atoms with Gasteiger partial charge in [0.2, 0.25) is 0 Å². The molecule has 2 heterocycles. The Morgan fingerprint density at radius 2 is 2.06 bits per heavy atom. The van der Waals surface area contributed by atoms with E-state index in [2.05, 4.69) is 30.2 Å². The summed E-state index contributed by atoms with van der Waals surface area (Å²) in [6.45, 7) is 7.02. The second kappa shape index (κ2) is 4.75. The quantitative estimate of drug-likeness (QED) is 0.875. The fraction of sp³-hybridized carbons (Fsp3) is 0.308. The first kappa shape index (κ1) is 11.9. The van der Waals surface area contributed by atoms with Gasteiger partial charge < -0.3 is 11.1 Å². The molecule has 4 heteroatoms. The lowest BCUT2D eigenvalue weighted by molar-refractivity contribution is 1.11. The Balaban J connectivity index is 2.09. The van der Waals surface area contributed by atoms with Crippen LogP contribution in [-0.4, -0.2) is 4.98 Å². The molecule has 2 aromatic heterocycles. The number of aryl methyl sites for hydroxylation is 3. The number of nitrogens with one attached hydrogen (secondary N) is 1. The molecular weight excluding hydrogens is 230 g/mol. The Bertz CT molecular complexity index is 512. The highest BCUT2D eigenvalue weighted by Gasteiger charge is 2.04. The summed E-state index contributed by atoms with van der Waals surface area (Å²) in [6.07, 6.45) is 0. The van der Waals surface area contributed by atoms with Gasteiger partial charge in [0.05, 0.1) is 12.2 Å². The fourth-order valence-electron chi connectivity index (χ4n) is 1.62. The number of aromatic nitrogens is 1. The fourth-order valence-corrected chi connectivity index (χ4v) is 2.61. The molecule has 0 fully saturated rings. The topological polar surface area (TPSA) is 50.9 Å². The van der Waals surface area contributed by atoms with Gasteiger partial charge in [0.1, 0.15) is 5.82 Å². The van der Waals surface area contributed by atoms with E-state index in [1.165, 1.54) is 15.3 Å². The van der Waals surface area contributed by atoms with Gasteiger partial charge in [-0.05, 0) is 44.5 Å². The van der Waals surface area contributed by atoms with Crippen molar-refractivity contribution in [3.05, 3.63) is 39.2 Å². The van der Waals surface area contributed by atoms with Crippen LogP contribution in [0.4, 0.5) is 11.5 Å². The van der Waals surface area contributed by atoms with Crippen molar-refractivity contribution in [2.45, 2.75) is 27.3 Å². The zero-order chi connectivity index (χ0) is 12.4. The van der Waals surface area contributed by atoms with Crippen molar-refractivity contribution in [3.8, 4) is 0 Å². The normalized spacial score (nSPS) is 10.5. The van der Waals surface area contributed by atoms with Crippen LogP contribution in [0.25, 0.3) is 0 Å². The molecule has 2 aromatic rings. The summed E-state index contributed by atoms with van der Waals surface area (Å²) in [5.74, 6) is 0.772. The maximum absolute atomic E-state index is 5.87. The molecule has 0 radical (unpaired) electrons. The summed E-state index contributed by atoms with van der Waals surface area (Å²) < 4.78 is 0. The highest BCUT2D eigenvalue weighted by Crippen LogP contribution is 2.22. The smallest absolute Gasteiger partial charge is 0.149 e. The number of hydrogen-bond donors (Lipinski definition) is 2. The molecule has 2 rings (SSSR count). The highest BCUT2D eigenvalue weighted by atomic mass is 32.1. The minimum atomic E-state index is 0.695. The third-order valence-electron chi connectivity index (χ3n) is 2.71. The molecule has 0 aliphatic rings. The van der Waals surface area contributed by atoms with E-state index in [0.29, 0.717) is 5.69 Å². The van der Waals surface area contributed by atoms with Crippen molar-refractivity contribution in [1.29, 1.82) is 0 Å². The van der Waals surface area contributed by atoms with Crippen molar-refractivity contribution in [1.82, 2.24) is 4.98 Å². The maximum Gasteiger partial charge on any atom is 0.149 e. The van der Waals surface area contributed by atoms with Gasteiger partial charge in [0, 0.05) is 15.4 Å². The summed E-state index contributed by atoms with van der Waals surface area (Å²) >= 11 is 1.81. The number of anilines is 2. The zero-order valence-corrected chi connectivity index (χ0v) is 11.2. The SMILES string of the molecule is Cc1ccc(N)c(NCc2cc(C)c(C)s2)n1. The third-order valence-corrected chi connectivity index (χ3v) is 3.87. The van der Waals surface area contributed by atoms with Crippen molar-refractivity contribution in [3.63, 3.8) is 0 Å². The van der Waals surface area contributed by atoms with Gasteiger partial charge >= 0.3 is 0 Å². The van der Waals surface area contributed by atoms with E-state index in [-0.39, 0.29) is 0 Å². The highest BCUT2D eigenvalue weighted by molar-refractivity contribution is 7.12. The Kier molecular flexibility index (Phi) is 3.33. The van der Waals surface area contributed by atoms with Crippen LogP contribution >= 0.6 is 11.3 Å². The van der Waals surface area contributed by atoms with Crippen LogP contribution < -0.4 is 11.1 Å². The average Bonchev–Trinajstić information content (AvgIpc) is 2.60. The van der Waals surface area contributed by atoms with E-state index in [4.69, 9.17) is 5.73 Å². The summed E-state index contributed by atoms with van der Waals surface area (Å²) in [4.78, 5) is 7.06. The number of pyridine rings is 1. The van der Waals surface area contributed by atoms with Crippen LogP contribution in [0.3, 0.4) is 0 Å². The Labute approximate surface area is 106 Å². The van der Waals surface area contributed by atoms with E-state index in [1.54, 1.807) is 0 Å². The zero-order valence-electron chi connectivity index (χ0n) is 10.4. The lowest BCUT2D eigenvalue weighted by Gasteiger charge is -2.07. The number of rotatable bonds is 3. The summed E-state index contributed by atoms with van der Waals surface area (Å²) in [7, 11) is 0. The van der Waals surface area contributed by atoms with Crippen LogP contribution in [0.15, 0.2) is 18.2 Å². The summed E-state index contributed by atoms with van der Waals surface area (Å²) in [5, 5.41) is 3.28. The molecule has 0 aliphatic carbocycles. The summed E-state index contributed by atoms with van der Waals surface area (Å²) in [5.41, 5.74) is 8.88. The van der Waals surface area contributed by atoms with E-state index < -0.39 is 0 Å². The Morgan fingerprint density at radius 3 is 2.71 bits per heavy atom. The molecule has 3 nitrogen and oxygen atoms in total. The number of hydrogen-bond acceptors (Lipinski definition) is 4. The number of nitrogen functional groups attached to an aromatic ring is 1. The second-order valence-electron chi connectivity index (χ2n) is 4.20. The van der Waals surface area contributed by atoms with Crippen LogP contribution in [0.2, 0.25) is 0 Å². The molecule has 0 aromatic carbocycles. The molecule has 0 atom stereocenters. The number of nitrogens with zero attached hydrogens (tertiary/aromatic N) is 1. The molecule has 17 heavy (non-hydrogen) atoms. The van der Waals surface area contributed by atoms with Gasteiger partial charge in [0.15, 0.2) is 0 Å². The molecule has 0 saturated heterocycles. The maximum atomic E-state index is 5.87. The predicted octanol–water partition coefficient (Wildman–Crippen LogP) is 3.26. The molecule has 0 unspecified atom stereocenters. The molecule has 90 valence electrons. The minimum Gasteiger partial charge on any atom is -0.396 e. The number of thiophene rings is 1. The van der Waals surface area contributed by atoms with Gasteiger partial charge in [-0.15, -0.1) is 11.3 Å².